The number of carbonyl (C=O) groups excluding carboxylic acids is 8. The van der Waals surface area contributed by atoms with Gasteiger partial charge in [0.1, 0.15) is 34.5 Å². The number of halogens is 2. The summed E-state index contributed by atoms with van der Waals surface area (Å²) in [5.41, 5.74) is -2.64. The van der Waals surface area contributed by atoms with Crippen LogP contribution in [0.2, 0.25) is 0 Å². The second-order valence-electron chi connectivity index (χ2n) is 16.3. The number of anilines is 2. The summed E-state index contributed by atoms with van der Waals surface area (Å²) in [6.45, 7) is 20.8. The fraction of sp³-hybridized carbons (Fsp3) is 0.641. The number of nitrogens with one attached hydrogen (secondary N) is 3. The fourth-order valence-electron chi connectivity index (χ4n) is 3.88. The summed E-state index contributed by atoms with van der Waals surface area (Å²) in [6, 6.07) is -1.71. The first kappa shape index (κ1) is 62.4. The fourth-order valence-corrected chi connectivity index (χ4v) is 5.86. The number of aldehydes is 2. The molecule has 0 unspecified atom stereocenters. The molecule has 3 N–H and O–H groups in total. The Labute approximate surface area is 420 Å². The number of ether oxygens (including phenoxy) is 6. The number of methoxy groups -OCH3 is 2. The van der Waals surface area contributed by atoms with E-state index in [1.165, 1.54) is 31.5 Å². The number of amides is 4. The largest absolute Gasteiger partial charge is 1.00 e. The van der Waals surface area contributed by atoms with E-state index in [0.29, 0.717) is 33.9 Å². The molecule has 0 aromatic carbocycles. The van der Waals surface area contributed by atoms with Gasteiger partial charge in [0, 0.05) is 11.0 Å². The van der Waals surface area contributed by atoms with E-state index < -0.39 is 78.0 Å². The summed E-state index contributed by atoms with van der Waals surface area (Å²) in [7, 11) is 1.48. The first-order valence-electron chi connectivity index (χ1n) is 19.5. The molecular weight excluding hydrogens is 1010 g/mol. The molecule has 0 saturated carbocycles. The molecule has 64 heavy (non-hydrogen) atoms. The average molecular weight is 1070 g/mol. The van der Waals surface area contributed by atoms with E-state index in [9.17, 15) is 42.7 Å². The Balaban J connectivity index is -0.000000452. The molecule has 0 saturated heterocycles. The van der Waals surface area contributed by atoms with Crippen molar-refractivity contribution in [2.45, 2.75) is 130 Å². The molecule has 0 radical (unpaired) electrons. The van der Waals surface area contributed by atoms with Gasteiger partial charge in [-0.25, -0.2) is 38.7 Å². The Kier molecular flexibility index (Phi) is 30.4. The second-order valence-corrected chi connectivity index (χ2v) is 19.5. The van der Waals surface area contributed by atoms with E-state index in [2.05, 4.69) is 53.2 Å². The van der Waals surface area contributed by atoms with Crippen molar-refractivity contribution < 1.29 is 104 Å². The summed E-state index contributed by atoms with van der Waals surface area (Å²) < 4.78 is 46.2. The van der Waals surface area contributed by atoms with E-state index in [-0.39, 0.29) is 49.1 Å². The number of hydrogen-bond donors (Lipinski definition) is 3. The standard InChI is InChI=1S/C19H29N3O7S.C10H18INO4.C9H12N2O3S.CH3F.Na.H/c1-18(2,3)28-16(25)21-13(14(24)27-7)8-9-22(17(26)29-19(4,5)6)15-20-10-12(11-23)30-15;1-10(2,3)16-9(14)12-7(5-6-11)8(13)15-4;1-9(2,3)14-8(13)11-7-10-4-6(5-12)15-7;1-2;;/h10-11,13H,8-9H2,1-7H3,(H,21,25);7H,5-6H2,1-4H3,(H,12,14);4-5H,1-3H3,(H,10,11,13);1H3;;/q;;;;+1;-1/t13-;7-;;;;/m00..../s1/i;;;1D;;. The molecule has 20 nitrogen and oxygen atoms in total. The van der Waals surface area contributed by atoms with Crippen molar-refractivity contribution in [3.05, 3.63) is 22.1 Å². The quantitative estimate of drug-likeness (QED) is 0.0593. The van der Waals surface area contributed by atoms with Gasteiger partial charge in [-0.05, 0) is 95.9 Å². The molecule has 0 fully saturated rings. The van der Waals surface area contributed by atoms with Gasteiger partial charge in [-0.3, -0.25) is 24.2 Å². The Bertz CT molecular complexity index is 1810. The number of aromatic nitrogens is 2. The first-order chi connectivity index (χ1) is 29.4. The molecule has 0 aliphatic rings. The number of carbonyl (C=O) groups is 8. The maximum absolute atomic E-state index is 12.7. The van der Waals surface area contributed by atoms with Crippen molar-refractivity contribution in [3.8, 4) is 0 Å². The van der Waals surface area contributed by atoms with Crippen molar-refractivity contribution >= 4 is 104 Å². The van der Waals surface area contributed by atoms with Gasteiger partial charge in [-0.1, -0.05) is 45.3 Å². The Hall–Kier alpha value is -3.72. The van der Waals surface area contributed by atoms with Crippen LogP contribution >= 0.6 is 45.3 Å². The molecule has 0 spiro atoms. The third-order valence-electron chi connectivity index (χ3n) is 6.11. The van der Waals surface area contributed by atoms with Gasteiger partial charge in [0.05, 0.1) is 44.9 Å². The van der Waals surface area contributed by atoms with Crippen LogP contribution in [-0.4, -0.2) is 126 Å². The smallest absolute Gasteiger partial charge is 1.00 e. The summed E-state index contributed by atoms with van der Waals surface area (Å²) in [6.07, 6.45) is 1.88. The number of hydrogen-bond acceptors (Lipinski definition) is 18. The SMILES string of the molecule is CC(C)(C)OC(=O)Nc1ncc(C=O)s1.COC(=O)[C@H](CCI)NC(=O)OC(C)(C)C.COC(=O)[C@H](CCN(C(=O)OC(C)(C)C)c1ncc(C=O)s1)NC(=O)OC(C)(C)C.[2H]CF.[H-].[Na+]. The third kappa shape index (κ3) is 31.2. The van der Waals surface area contributed by atoms with Crippen molar-refractivity contribution in [1.82, 2.24) is 20.6 Å². The maximum Gasteiger partial charge on any atom is 1.00 e. The van der Waals surface area contributed by atoms with Gasteiger partial charge in [0.2, 0.25) is 0 Å². The minimum absolute atomic E-state index is 0. The third-order valence-corrected chi connectivity index (χ3v) is 8.52. The normalized spacial score (nSPS) is 11.9. The summed E-state index contributed by atoms with van der Waals surface area (Å²) >= 11 is 4.22. The minimum Gasteiger partial charge on any atom is -1.00 e. The van der Waals surface area contributed by atoms with Crippen LogP contribution in [0.4, 0.5) is 33.8 Å². The topological polar surface area (TPSA) is 257 Å². The second kappa shape index (κ2) is 31.2. The predicted molar refractivity (Wildman–Crippen MR) is 245 cm³/mol. The Morgan fingerprint density at radius 2 is 1.12 bits per heavy atom. The zero-order chi connectivity index (χ0) is 50.1. The predicted octanol–water partition coefficient (Wildman–Crippen LogP) is 5.04. The Morgan fingerprint density at radius 3 is 1.48 bits per heavy atom. The summed E-state index contributed by atoms with van der Waals surface area (Å²) in [4.78, 5) is 102. The number of alkyl carbamates (subject to hydrolysis) is 2. The van der Waals surface area contributed by atoms with Gasteiger partial charge < -0.3 is 40.5 Å². The average Bonchev–Trinajstić information content (AvgIpc) is 3.81. The molecule has 2 rings (SSSR count). The van der Waals surface area contributed by atoms with Crippen molar-refractivity contribution in [2.24, 2.45) is 0 Å². The van der Waals surface area contributed by atoms with Crippen LogP contribution in [-0.2, 0) is 38.0 Å². The summed E-state index contributed by atoms with van der Waals surface area (Å²) in [5, 5.41) is 7.95. The van der Waals surface area contributed by atoms with Crippen LogP contribution < -0.4 is 50.4 Å². The van der Waals surface area contributed by atoms with Crippen molar-refractivity contribution in [1.29, 1.82) is 0 Å². The number of esters is 2. The molecule has 0 bridgehead atoms. The van der Waals surface area contributed by atoms with Crippen LogP contribution in [0.25, 0.3) is 0 Å². The number of nitrogens with zero attached hydrogens (tertiary/aromatic N) is 3. The van der Waals surface area contributed by atoms with E-state index in [1.54, 1.807) is 83.1 Å². The molecule has 2 aromatic heterocycles. The van der Waals surface area contributed by atoms with Gasteiger partial charge in [0.25, 0.3) is 0 Å². The number of rotatable bonds is 13. The van der Waals surface area contributed by atoms with Crippen molar-refractivity contribution in [3.63, 3.8) is 0 Å². The van der Waals surface area contributed by atoms with Crippen LogP contribution in [0.3, 0.4) is 0 Å². The van der Waals surface area contributed by atoms with Crippen LogP contribution in [0.5, 0.6) is 0 Å². The van der Waals surface area contributed by atoms with E-state index in [1.807, 2.05) is 0 Å². The Morgan fingerprint density at radius 1 is 0.734 bits per heavy atom. The van der Waals surface area contributed by atoms with Crippen LogP contribution in [0, 0.1) is 0 Å². The molecule has 2 aromatic rings. The van der Waals surface area contributed by atoms with Gasteiger partial charge in [0.15, 0.2) is 22.8 Å². The van der Waals surface area contributed by atoms with E-state index in [0.717, 1.165) is 27.1 Å². The summed E-state index contributed by atoms with van der Waals surface area (Å²) in [5.74, 6) is -1.15. The zero-order valence-electron chi connectivity index (χ0n) is 41.1. The van der Waals surface area contributed by atoms with Gasteiger partial charge in [-0.2, -0.15) is 0 Å². The first-order valence-corrected chi connectivity index (χ1v) is 21.9. The molecule has 4 amide bonds. The molecule has 2 atom stereocenters. The molecule has 2 heterocycles. The molecule has 25 heteroatoms. The molecule has 0 aliphatic heterocycles. The zero-order valence-corrected chi connectivity index (χ0v) is 44.9. The van der Waals surface area contributed by atoms with E-state index in [4.69, 9.17) is 25.1 Å². The van der Waals surface area contributed by atoms with Crippen molar-refractivity contribution in [2.75, 3.05) is 42.6 Å². The van der Waals surface area contributed by atoms with Crippen LogP contribution in [0.15, 0.2) is 12.4 Å². The molecule has 0 aliphatic carbocycles. The van der Waals surface area contributed by atoms with Crippen LogP contribution in [0.1, 0.15) is 118 Å². The van der Waals surface area contributed by atoms with Gasteiger partial charge >= 0.3 is 65.9 Å². The minimum atomic E-state index is -1.07. The molecular formula is C39H63FIN6NaO14S2. The number of thiazole rings is 2. The monoisotopic (exact) mass is 1070 g/mol. The van der Waals surface area contributed by atoms with Gasteiger partial charge in [-0.15, -0.1) is 0 Å². The van der Waals surface area contributed by atoms with E-state index >= 15 is 0 Å². The number of alkyl halides is 2. The molecule has 360 valence electrons. The maximum atomic E-state index is 12.7.